The van der Waals surface area contributed by atoms with Gasteiger partial charge in [0, 0.05) is 12.2 Å². The van der Waals surface area contributed by atoms with Crippen LogP contribution in [0.1, 0.15) is 11.1 Å². The highest BCUT2D eigenvalue weighted by Crippen LogP contribution is 2.21. The van der Waals surface area contributed by atoms with Gasteiger partial charge in [-0.1, -0.05) is 60.3 Å². The lowest BCUT2D eigenvalue weighted by Crippen LogP contribution is -2.32. The van der Waals surface area contributed by atoms with Crippen LogP contribution in [0.2, 0.25) is 0 Å². The van der Waals surface area contributed by atoms with Gasteiger partial charge in [-0.05, 0) is 17.2 Å². The van der Waals surface area contributed by atoms with E-state index in [1.54, 1.807) is 11.8 Å². The highest BCUT2D eigenvalue weighted by molar-refractivity contribution is 8.14. The number of carbonyl (C=O) groups is 1. The minimum absolute atomic E-state index is 0.00855. The summed E-state index contributed by atoms with van der Waals surface area (Å²) in [6, 6.07) is 18.0. The van der Waals surface area contributed by atoms with E-state index >= 15 is 0 Å². The van der Waals surface area contributed by atoms with Gasteiger partial charge in [-0.3, -0.25) is 9.79 Å². The molecular formula is C18H18N2O2S. The van der Waals surface area contributed by atoms with Crippen molar-refractivity contribution in [1.29, 1.82) is 0 Å². The largest absolute Gasteiger partial charge is 0.483 e. The van der Waals surface area contributed by atoms with Crippen LogP contribution in [0, 0.1) is 0 Å². The predicted molar refractivity (Wildman–Crippen MR) is 94.1 cm³/mol. The van der Waals surface area contributed by atoms with Crippen LogP contribution in [0.15, 0.2) is 59.6 Å². The Morgan fingerprint density at radius 3 is 2.70 bits per heavy atom. The lowest BCUT2D eigenvalue weighted by atomic mass is 10.0. The molecule has 1 aliphatic heterocycles. The molecule has 5 heteroatoms. The second-order valence-electron chi connectivity index (χ2n) is 5.14. The molecule has 3 rings (SSSR count). The van der Waals surface area contributed by atoms with Gasteiger partial charge in [0.15, 0.2) is 11.8 Å². The predicted octanol–water partition coefficient (Wildman–Crippen LogP) is 2.88. The van der Waals surface area contributed by atoms with Gasteiger partial charge in [-0.25, -0.2) is 0 Å². The number of hydrogen-bond donors (Lipinski definition) is 1. The van der Waals surface area contributed by atoms with Crippen LogP contribution >= 0.6 is 11.8 Å². The number of rotatable bonds is 5. The number of ether oxygens (including phenoxy) is 1. The maximum absolute atomic E-state index is 11.9. The van der Waals surface area contributed by atoms with Crippen LogP contribution in [0.5, 0.6) is 5.75 Å². The minimum Gasteiger partial charge on any atom is -0.483 e. The first-order chi connectivity index (χ1) is 11.3. The number of benzene rings is 2. The van der Waals surface area contributed by atoms with Crippen LogP contribution in [0.3, 0.4) is 0 Å². The molecule has 0 spiro atoms. The molecule has 0 bridgehead atoms. The summed E-state index contributed by atoms with van der Waals surface area (Å²) >= 11 is 1.56. The Balaban J connectivity index is 1.60. The van der Waals surface area contributed by atoms with Crippen molar-refractivity contribution in [1.82, 2.24) is 5.32 Å². The molecule has 0 aromatic heterocycles. The van der Waals surface area contributed by atoms with Crippen molar-refractivity contribution in [3.05, 3.63) is 65.7 Å². The maximum Gasteiger partial charge on any atom is 0.263 e. The summed E-state index contributed by atoms with van der Waals surface area (Å²) in [6.07, 6.45) is 0.779. The van der Waals surface area contributed by atoms with E-state index in [9.17, 15) is 4.79 Å². The Morgan fingerprint density at radius 1 is 1.13 bits per heavy atom. The zero-order valence-electron chi connectivity index (χ0n) is 12.7. The highest BCUT2D eigenvalue weighted by Gasteiger charge is 2.12. The van der Waals surface area contributed by atoms with Crippen molar-refractivity contribution in [2.24, 2.45) is 4.99 Å². The summed E-state index contributed by atoms with van der Waals surface area (Å²) in [5.74, 6) is 1.50. The monoisotopic (exact) mass is 326 g/mol. The molecule has 0 aliphatic carbocycles. The number of nitrogens with one attached hydrogen (secondary N) is 1. The first-order valence-corrected chi connectivity index (χ1v) is 8.51. The number of aliphatic imine (C=N–C) groups is 1. The van der Waals surface area contributed by atoms with Crippen LogP contribution in [-0.2, 0) is 11.2 Å². The number of thioether (sulfide) groups is 1. The van der Waals surface area contributed by atoms with Gasteiger partial charge in [0.25, 0.3) is 5.91 Å². The van der Waals surface area contributed by atoms with Gasteiger partial charge in [0.05, 0.1) is 6.54 Å². The van der Waals surface area contributed by atoms with Gasteiger partial charge < -0.3 is 10.1 Å². The zero-order chi connectivity index (χ0) is 15.9. The summed E-state index contributed by atoms with van der Waals surface area (Å²) in [7, 11) is 0. The maximum atomic E-state index is 11.9. The molecular weight excluding hydrogens is 308 g/mol. The molecule has 0 fully saturated rings. The molecule has 0 radical (unpaired) electrons. The molecule has 1 N–H and O–H groups in total. The third kappa shape index (κ3) is 4.60. The SMILES string of the molecule is O=C(COc1ccccc1Cc1ccccc1)NC1=NCCS1. The highest BCUT2D eigenvalue weighted by atomic mass is 32.2. The minimum atomic E-state index is -0.173. The lowest BCUT2D eigenvalue weighted by molar-refractivity contribution is -0.121. The molecule has 0 atom stereocenters. The third-order valence-electron chi connectivity index (χ3n) is 3.40. The van der Waals surface area contributed by atoms with Gasteiger partial charge >= 0.3 is 0 Å². The molecule has 23 heavy (non-hydrogen) atoms. The first kappa shape index (κ1) is 15.6. The Kier molecular flexibility index (Phi) is 5.32. The van der Waals surface area contributed by atoms with Gasteiger partial charge in [-0.15, -0.1) is 0 Å². The van der Waals surface area contributed by atoms with Crippen LogP contribution < -0.4 is 10.1 Å². The Bertz CT molecular complexity index is 701. The fraction of sp³-hybridized carbons (Fsp3) is 0.222. The quantitative estimate of drug-likeness (QED) is 0.919. The van der Waals surface area contributed by atoms with E-state index in [0.717, 1.165) is 30.0 Å². The summed E-state index contributed by atoms with van der Waals surface area (Å²) in [5, 5.41) is 3.46. The molecule has 1 heterocycles. The normalized spacial score (nSPS) is 13.5. The molecule has 0 saturated heterocycles. The summed E-state index contributed by atoms with van der Waals surface area (Å²) in [5.41, 5.74) is 2.28. The fourth-order valence-corrected chi connectivity index (χ4v) is 3.06. The topological polar surface area (TPSA) is 50.7 Å². The van der Waals surface area contributed by atoms with Crippen molar-refractivity contribution in [2.75, 3.05) is 18.9 Å². The van der Waals surface area contributed by atoms with E-state index < -0.39 is 0 Å². The van der Waals surface area contributed by atoms with E-state index in [4.69, 9.17) is 4.74 Å². The molecule has 0 saturated carbocycles. The molecule has 4 nitrogen and oxygen atoms in total. The van der Waals surface area contributed by atoms with Crippen LogP contribution in [0.25, 0.3) is 0 Å². The van der Waals surface area contributed by atoms with E-state index in [0.29, 0.717) is 5.17 Å². The number of carbonyl (C=O) groups excluding carboxylic acids is 1. The van der Waals surface area contributed by atoms with E-state index in [-0.39, 0.29) is 12.5 Å². The standard InChI is InChI=1S/C18H18N2O2S/c21-17(20-18-19-10-11-23-18)13-22-16-9-5-4-8-15(16)12-14-6-2-1-3-7-14/h1-9H,10-13H2,(H,19,20,21). The Morgan fingerprint density at radius 2 is 1.91 bits per heavy atom. The number of para-hydroxylation sites is 1. The van der Waals surface area contributed by atoms with Crippen molar-refractivity contribution in [3.63, 3.8) is 0 Å². The lowest BCUT2D eigenvalue weighted by Gasteiger charge is -2.11. The zero-order valence-corrected chi connectivity index (χ0v) is 13.5. The summed E-state index contributed by atoms with van der Waals surface area (Å²) in [4.78, 5) is 16.1. The molecule has 2 aromatic rings. The number of hydrogen-bond acceptors (Lipinski definition) is 4. The smallest absolute Gasteiger partial charge is 0.263 e. The molecule has 118 valence electrons. The third-order valence-corrected chi connectivity index (χ3v) is 4.29. The van der Waals surface area contributed by atoms with E-state index in [1.807, 2.05) is 42.5 Å². The summed E-state index contributed by atoms with van der Waals surface area (Å²) < 4.78 is 5.71. The number of amidine groups is 1. The van der Waals surface area contributed by atoms with Crippen molar-refractivity contribution in [2.45, 2.75) is 6.42 Å². The number of amides is 1. The van der Waals surface area contributed by atoms with E-state index in [1.165, 1.54) is 5.56 Å². The molecule has 0 unspecified atom stereocenters. The molecule has 1 amide bonds. The summed E-state index contributed by atoms with van der Waals surface area (Å²) in [6.45, 7) is 0.756. The first-order valence-electron chi connectivity index (χ1n) is 7.53. The molecule has 2 aromatic carbocycles. The number of nitrogens with zero attached hydrogens (tertiary/aromatic N) is 1. The van der Waals surface area contributed by atoms with E-state index in [2.05, 4.69) is 22.4 Å². The van der Waals surface area contributed by atoms with Gasteiger partial charge in [0.2, 0.25) is 0 Å². The van der Waals surface area contributed by atoms with Crippen molar-refractivity contribution < 1.29 is 9.53 Å². The fourth-order valence-electron chi connectivity index (χ4n) is 2.32. The van der Waals surface area contributed by atoms with Gasteiger partial charge in [0.1, 0.15) is 5.75 Å². The van der Waals surface area contributed by atoms with Crippen molar-refractivity contribution in [3.8, 4) is 5.75 Å². The second kappa shape index (κ2) is 7.83. The Hall–Kier alpha value is -2.27. The van der Waals surface area contributed by atoms with Crippen LogP contribution in [-0.4, -0.2) is 30.0 Å². The second-order valence-corrected chi connectivity index (χ2v) is 6.23. The van der Waals surface area contributed by atoms with Crippen molar-refractivity contribution >= 4 is 22.8 Å². The molecule has 1 aliphatic rings. The average Bonchev–Trinajstić information content (AvgIpc) is 3.08. The van der Waals surface area contributed by atoms with Gasteiger partial charge in [-0.2, -0.15) is 0 Å². The van der Waals surface area contributed by atoms with Crippen LogP contribution in [0.4, 0.5) is 0 Å². The average molecular weight is 326 g/mol. The Labute approximate surface area is 140 Å².